The molecule has 1 amide bonds. The Bertz CT molecular complexity index is 1520. The zero-order valence-corrected chi connectivity index (χ0v) is 22.0. The van der Waals surface area contributed by atoms with E-state index in [1.54, 1.807) is 6.07 Å². The molecule has 3 N–H and O–H groups in total. The molecule has 4 rings (SSSR count). The van der Waals surface area contributed by atoms with Crippen LogP contribution in [0.1, 0.15) is 48.4 Å². The van der Waals surface area contributed by atoms with E-state index in [1.807, 2.05) is 0 Å². The maximum atomic E-state index is 14.8. The third-order valence-electron chi connectivity index (χ3n) is 6.69. The number of pyridine rings is 1. The normalized spacial score (nSPS) is 21.5. The molecule has 2 unspecified atom stereocenters. The van der Waals surface area contributed by atoms with Crippen molar-refractivity contribution in [1.29, 1.82) is 0 Å². The number of aliphatic hydroxyl groups is 1. The monoisotopic (exact) mass is 640 g/mol. The van der Waals surface area contributed by atoms with E-state index in [4.69, 9.17) is 9.15 Å². The first-order valence-electron chi connectivity index (χ1n) is 12.5. The fraction of sp³-hybridized carbons (Fsp3) is 0.385. The maximum absolute atomic E-state index is 14.8. The van der Waals surface area contributed by atoms with Gasteiger partial charge in [-0.2, -0.15) is 39.5 Å². The summed E-state index contributed by atoms with van der Waals surface area (Å²) in [5.74, 6) is -2.47. The van der Waals surface area contributed by atoms with Crippen molar-refractivity contribution in [3.05, 3.63) is 71.3 Å². The van der Waals surface area contributed by atoms with Gasteiger partial charge in [0.1, 0.15) is 0 Å². The molecule has 3 aromatic rings. The molecule has 2 atom stereocenters. The Balaban J connectivity index is 2.01. The number of carboxylic acid groups (broad SMARTS) is 1. The number of fused-ring (bicyclic) bond motifs is 5. The van der Waals surface area contributed by atoms with Gasteiger partial charge in [-0.15, -0.1) is 10.2 Å². The van der Waals surface area contributed by atoms with E-state index in [0.29, 0.717) is 5.56 Å². The summed E-state index contributed by atoms with van der Waals surface area (Å²) in [5, 5.41) is 28.1. The first-order chi connectivity index (χ1) is 20.4. The van der Waals surface area contributed by atoms with Crippen LogP contribution in [0.2, 0.25) is 0 Å². The van der Waals surface area contributed by atoms with Gasteiger partial charge in [0.2, 0.25) is 11.2 Å². The van der Waals surface area contributed by atoms with Crippen molar-refractivity contribution in [3.63, 3.8) is 0 Å². The Labute approximate surface area is 241 Å². The van der Waals surface area contributed by atoms with Crippen molar-refractivity contribution in [2.24, 2.45) is 0 Å². The van der Waals surface area contributed by atoms with Crippen LogP contribution in [0.15, 0.2) is 53.0 Å². The van der Waals surface area contributed by atoms with Gasteiger partial charge < -0.3 is 19.4 Å². The van der Waals surface area contributed by atoms with Gasteiger partial charge in [-0.05, 0) is 37.3 Å². The van der Waals surface area contributed by atoms with Gasteiger partial charge in [0.25, 0.3) is 11.8 Å². The van der Waals surface area contributed by atoms with Crippen LogP contribution < -0.4 is 5.32 Å². The molecule has 18 heteroatoms. The van der Waals surface area contributed by atoms with Crippen molar-refractivity contribution in [2.75, 3.05) is 5.32 Å². The fourth-order valence-electron chi connectivity index (χ4n) is 4.48. The molecule has 9 nitrogen and oxygen atoms in total. The van der Waals surface area contributed by atoms with Gasteiger partial charge >= 0.3 is 24.6 Å². The third kappa shape index (κ3) is 6.35. The lowest BCUT2D eigenvalue weighted by Gasteiger charge is -2.33. The van der Waals surface area contributed by atoms with Crippen molar-refractivity contribution in [3.8, 4) is 11.6 Å². The quantitative estimate of drug-likeness (QED) is 0.204. The van der Waals surface area contributed by atoms with Crippen LogP contribution in [0.3, 0.4) is 0 Å². The highest BCUT2D eigenvalue weighted by molar-refractivity contribution is 5.88. The molecule has 0 saturated carbocycles. The van der Waals surface area contributed by atoms with Crippen molar-refractivity contribution >= 4 is 11.8 Å². The number of hydrogen-bond donors (Lipinski definition) is 3. The average molecular weight is 640 g/mol. The second-order valence-corrected chi connectivity index (χ2v) is 9.63. The van der Waals surface area contributed by atoms with E-state index < -0.39 is 103 Å². The van der Waals surface area contributed by atoms with E-state index in [2.05, 4.69) is 15.2 Å². The summed E-state index contributed by atoms with van der Waals surface area (Å²) >= 11 is 0. The summed E-state index contributed by atoms with van der Waals surface area (Å²) in [5.41, 5.74) is -13.8. The van der Waals surface area contributed by atoms with E-state index in [1.165, 1.54) is 29.6 Å². The number of nitrogens with zero attached hydrogens (tertiary/aromatic N) is 3. The number of aromatic nitrogens is 3. The third-order valence-corrected chi connectivity index (χ3v) is 6.69. The summed E-state index contributed by atoms with van der Waals surface area (Å²) < 4.78 is 140. The number of nitrogens with one attached hydrogen (secondary N) is 1. The minimum atomic E-state index is -5.75. The highest BCUT2D eigenvalue weighted by Gasteiger charge is 2.62. The molecule has 0 spiro atoms. The first kappa shape index (κ1) is 32.7. The molecule has 0 radical (unpaired) electrons. The lowest BCUT2D eigenvalue weighted by atomic mass is 9.88. The SMILES string of the molecule is O=C(O)Nc1cc(C(F)(F)F)c2nc1-c1nnc(o1)C(OCc1ccccc1)(C(F)(F)F)CCC=CCCC2(O)C(F)(F)F. The van der Waals surface area contributed by atoms with Crippen molar-refractivity contribution < 1.29 is 63.7 Å². The number of alkyl halides is 9. The zero-order chi connectivity index (χ0) is 32.6. The lowest BCUT2D eigenvalue weighted by Crippen LogP contribution is -2.45. The summed E-state index contributed by atoms with van der Waals surface area (Å²) in [7, 11) is 0. The van der Waals surface area contributed by atoms with Gasteiger partial charge in [-0.3, -0.25) is 5.32 Å². The number of halogens is 9. The molecule has 44 heavy (non-hydrogen) atoms. The standard InChI is InChI=1S/C26H21F9N4O5/c27-24(28,29)15-12-16(36-21(40)41)17-19-38-39-20(44-19)23(26(33,34)35,43-13-14-8-4-3-5-9-14)11-7-2-1-6-10-22(42,18(15)37-17)25(30,31)32/h1-5,8-9,12,36,42H,6-7,10-11,13H2,(H,40,41). The number of benzene rings is 1. The van der Waals surface area contributed by atoms with Gasteiger partial charge in [0.15, 0.2) is 5.69 Å². The number of ether oxygens (including phenoxy) is 1. The van der Waals surface area contributed by atoms with Gasteiger partial charge in [0, 0.05) is 0 Å². The molecular weight excluding hydrogens is 619 g/mol. The van der Waals surface area contributed by atoms with Crippen LogP contribution in [0, 0.1) is 0 Å². The number of amides is 1. The summed E-state index contributed by atoms with van der Waals surface area (Å²) in [6.45, 7) is -0.630. The van der Waals surface area contributed by atoms with Gasteiger partial charge in [-0.1, -0.05) is 42.5 Å². The molecule has 238 valence electrons. The van der Waals surface area contributed by atoms with Crippen LogP contribution in [-0.4, -0.2) is 43.8 Å². The molecule has 0 aliphatic carbocycles. The zero-order valence-electron chi connectivity index (χ0n) is 22.0. The highest BCUT2D eigenvalue weighted by atomic mass is 19.4. The Kier molecular flexibility index (Phi) is 8.71. The predicted octanol–water partition coefficient (Wildman–Crippen LogP) is 7.09. The van der Waals surface area contributed by atoms with E-state index in [-0.39, 0.29) is 6.07 Å². The second-order valence-electron chi connectivity index (χ2n) is 9.63. The fourth-order valence-corrected chi connectivity index (χ4v) is 4.48. The van der Waals surface area contributed by atoms with Crippen LogP contribution in [-0.2, 0) is 28.7 Å². The summed E-state index contributed by atoms with van der Waals surface area (Å²) in [6.07, 6.45) is -20.3. The lowest BCUT2D eigenvalue weighted by molar-refractivity contribution is -0.299. The molecule has 0 fully saturated rings. The largest absolute Gasteiger partial charge is 0.465 e. The van der Waals surface area contributed by atoms with Gasteiger partial charge in [0.05, 0.1) is 23.6 Å². The van der Waals surface area contributed by atoms with Crippen LogP contribution in [0.5, 0.6) is 0 Å². The topological polar surface area (TPSA) is 131 Å². The molecular formula is C26H21F9N4O5. The Morgan fingerprint density at radius 3 is 2.16 bits per heavy atom. The molecule has 4 bridgehead atoms. The Morgan fingerprint density at radius 2 is 1.59 bits per heavy atom. The number of rotatable bonds is 4. The maximum Gasteiger partial charge on any atom is 0.426 e. The second kappa shape index (κ2) is 11.7. The average Bonchev–Trinajstić information content (AvgIpc) is 3.40. The predicted molar refractivity (Wildman–Crippen MR) is 131 cm³/mol. The van der Waals surface area contributed by atoms with Crippen LogP contribution in [0.25, 0.3) is 11.6 Å². The Hall–Kier alpha value is -4.19. The smallest absolute Gasteiger partial charge is 0.426 e. The van der Waals surface area contributed by atoms with Crippen LogP contribution >= 0.6 is 0 Å². The van der Waals surface area contributed by atoms with Crippen molar-refractivity contribution in [2.45, 2.75) is 62.0 Å². The molecule has 1 aliphatic heterocycles. The molecule has 3 heterocycles. The molecule has 1 aliphatic rings. The summed E-state index contributed by atoms with van der Waals surface area (Å²) in [4.78, 5) is 14.7. The Morgan fingerprint density at radius 1 is 0.955 bits per heavy atom. The number of carbonyl (C=O) groups is 1. The van der Waals surface area contributed by atoms with E-state index in [9.17, 15) is 54.5 Å². The minimum absolute atomic E-state index is 0.100. The van der Waals surface area contributed by atoms with Crippen LogP contribution in [0.4, 0.5) is 50.0 Å². The van der Waals surface area contributed by atoms with E-state index >= 15 is 0 Å². The first-order valence-corrected chi connectivity index (χ1v) is 12.5. The highest BCUT2D eigenvalue weighted by Crippen LogP contribution is 2.50. The molecule has 2 aromatic heterocycles. The molecule has 0 saturated heterocycles. The molecule has 1 aromatic carbocycles. The number of anilines is 1. The number of hydrogen-bond acceptors (Lipinski definition) is 7. The number of allylic oxidation sites excluding steroid dienone is 2. The summed E-state index contributed by atoms with van der Waals surface area (Å²) in [6, 6.07) is 7.50. The van der Waals surface area contributed by atoms with Gasteiger partial charge in [-0.25, -0.2) is 9.78 Å². The minimum Gasteiger partial charge on any atom is -0.465 e. The van der Waals surface area contributed by atoms with E-state index in [0.717, 1.165) is 12.2 Å². The van der Waals surface area contributed by atoms with Crippen molar-refractivity contribution in [1.82, 2.24) is 15.2 Å².